The Labute approximate surface area is 196 Å². The highest BCUT2D eigenvalue weighted by atomic mass is 35.5. The Balaban J connectivity index is 1.38. The Morgan fingerprint density at radius 1 is 1.03 bits per heavy atom. The topological polar surface area (TPSA) is 94.0 Å². The van der Waals surface area contributed by atoms with Crippen molar-refractivity contribution in [2.75, 3.05) is 10.6 Å². The predicted molar refractivity (Wildman–Crippen MR) is 120 cm³/mol. The van der Waals surface area contributed by atoms with Gasteiger partial charge in [-0.15, -0.1) is 0 Å². The first-order valence-corrected chi connectivity index (χ1v) is 10.1. The summed E-state index contributed by atoms with van der Waals surface area (Å²) in [6.07, 6.45) is 0.222. The van der Waals surface area contributed by atoms with Crippen LogP contribution in [0.15, 0.2) is 67.3 Å². The number of ether oxygens (including phenoxy) is 1. The monoisotopic (exact) mass is 488 g/mol. The molecule has 174 valence electrons. The summed E-state index contributed by atoms with van der Waals surface area (Å²) in [6, 6.07) is 10.4. The predicted octanol–water partition coefficient (Wildman–Crippen LogP) is 5.99. The number of nitrogens with one attached hydrogen (secondary N) is 2. The number of nitrogens with zero attached hydrogens (tertiary/aromatic N) is 4. The molecule has 34 heavy (non-hydrogen) atoms. The molecule has 4 rings (SSSR count). The molecule has 4 aromatic rings. The summed E-state index contributed by atoms with van der Waals surface area (Å²) >= 11 is 5.59. The van der Waals surface area contributed by atoms with Crippen molar-refractivity contribution in [2.45, 2.75) is 6.18 Å². The summed E-state index contributed by atoms with van der Waals surface area (Å²) in [5, 5.41) is 8.53. The maximum Gasteiger partial charge on any atom is 0.417 e. The van der Waals surface area contributed by atoms with Gasteiger partial charge in [-0.3, -0.25) is 4.68 Å². The minimum Gasteiger partial charge on any atom is -0.439 e. The Hall–Kier alpha value is -4.12. The molecule has 0 aliphatic carbocycles. The van der Waals surface area contributed by atoms with Crippen LogP contribution < -0.4 is 15.4 Å². The van der Waals surface area contributed by atoms with E-state index in [1.165, 1.54) is 12.4 Å². The van der Waals surface area contributed by atoms with Gasteiger partial charge >= 0.3 is 12.2 Å². The first kappa shape index (κ1) is 23.1. The minimum absolute atomic E-state index is 0.0534. The minimum atomic E-state index is -4.64. The molecule has 0 unspecified atom stereocenters. The fourth-order valence-corrected chi connectivity index (χ4v) is 3.17. The molecule has 2 heterocycles. The number of carbonyl (C=O) groups is 1. The lowest BCUT2D eigenvalue weighted by Gasteiger charge is -2.12. The molecule has 0 bridgehead atoms. The van der Waals surface area contributed by atoms with Crippen LogP contribution in [0.25, 0.3) is 11.3 Å². The number of urea groups is 1. The van der Waals surface area contributed by atoms with Crippen molar-refractivity contribution in [1.82, 2.24) is 19.7 Å². The van der Waals surface area contributed by atoms with Crippen LogP contribution in [0.1, 0.15) is 5.56 Å². The van der Waals surface area contributed by atoms with E-state index in [4.69, 9.17) is 16.3 Å². The fourth-order valence-electron chi connectivity index (χ4n) is 2.95. The van der Waals surface area contributed by atoms with Gasteiger partial charge in [0.2, 0.25) is 5.88 Å². The molecule has 2 aromatic heterocycles. The number of carbonyl (C=O) groups excluding carboxylic acids is 1. The summed E-state index contributed by atoms with van der Waals surface area (Å²) in [7, 11) is 1.80. The van der Waals surface area contributed by atoms with Gasteiger partial charge in [-0.25, -0.2) is 14.8 Å². The van der Waals surface area contributed by atoms with E-state index in [9.17, 15) is 18.0 Å². The number of rotatable bonds is 5. The van der Waals surface area contributed by atoms with Crippen molar-refractivity contribution in [3.05, 3.63) is 77.8 Å². The largest absolute Gasteiger partial charge is 0.439 e. The van der Waals surface area contributed by atoms with Crippen LogP contribution in [0.4, 0.5) is 29.3 Å². The number of amides is 2. The number of alkyl halides is 3. The first-order chi connectivity index (χ1) is 16.2. The number of halogens is 4. The van der Waals surface area contributed by atoms with Gasteiger partial charge in [-0.2, -0.15) is 18.3 Å². The zero-order chi connectivity index (χ0) is 24.3. The van der Waals surface area contributed by atoms with Crippen molar-refractivity contribution in [2.24, 2.45) is 7.05 Å². The molecule has 0 radical (unpaired) electrons. The van der Waals surface area contributed by atoms with E-state index >= 15 is 0 Å². The molecule has 2 amide bonds. The van der Waals surface area contributed by atoms with Gasteiger partial charge in [0.1, 0.15) is 12.1 Å². The average molecular weight is 489 g/mol. The number of benzene rings is 2. The highest BCUT2D eigenvalue weighted by molar-refractivity contribution is 6.31. The van der Waals surface area contributed by atoms with Crippen LogP contribution in [0.2, 0.25) is 5.02 Å². The van der Waals surface area contributed by atoms with E-state index in [0.717, 1.165) is 17.7 Å². The second kappa shape index (κ2) is 9.40. The van der Waals surface area contributed by atoms with E-state index in [0.29, 0.717) is 23.0 Å². The van der Waals surface area contributed by atoms with Crippen LogP contribution in [0.5, 0.6) is 11.6 Å². The normalized spacial score (nSPS) is 11.2. The molecular formula is C22H16ClF3N6O2. The third kappa shape index (κ3) is 5.62. The number of hydrogen-bond acceptors (Lipinski definition) is 5. The van der Waals surface area contributed by atoms with Gasteiger partial charge in [-0.05, 0) is 42.5 Å². The SMILES string of the molecule is Cn1cc(-c2cc(Oc3ccc(NC(=O)Nc4ccc(Cl)c(C(F)(F)F)c4)cc3)ncn2)cn1. The van der Waals surface area contributed by atoms with Gasteiger partial charge in [0.25, 0.3) is 0 Å². The lowest BCUT2D eigenvalue weighted by Crippen LogP contribution is -2.19. The quantitative estimate of drug-likeness (QED) is 0.360. The van der Waals surface area contributed by atoms with Crippen LogP contribution in [0, 0.1) is 0 Å². The molecule has 0 spiro atoms. The highest BCUT2D eigenvalue weighted by Crippen LogP contribution is 2.36. The molecule has 8 nitrogen and oxygen atoms in total. The summed E-state index contributed by atoms with van der Waals surface area (Å²) in [4.78, 5) is 20.5. The summed E-state index contributed by atoms with van der Waals surface area (Å²) < 4.78 is 46.3. The molecule has 12 heteroatoms. The molecule has 0 atom stereocenters. The summed E-state index contributed by atoms with van der Waals surface area (Å²) in [5.74, 6) is 0.768. The van der Waals surface area contributed by atoms with Crippen molar-refractivity contribution < 1.29 is 22.7 Å². The van der Waals surface area contributed by atoms with Crippen LogP contribution >= 0.6 is 11.6 Å². The number of aromatic nitrogens is 4. The van der Waals surface area contributed by atoms with E-state index in [1.807, 2.05) is 6.20 Å². The molecule has 0 aliphatic rings. The van der Waals surface area contributed by atoms with Gasteiger partial charge in [0, 0.05) is 36.2 Å². The Kier molecular flexibility index (Phi) is 6.37. The lowest BCUT2D eigenvalue weighted by atomic mass is 10.2. The fraction of sp³-hybridized carbons (Fsp3) is 0.0909. The molecule has 2 aromatic carbocycles. The summed E-state index contributed by atoms with van der Waals surface area (Å²) in [6.45, 7) is 0. The first-order valence-electron chi connectivity index (χ1n) is 9.71. The van der Waals surface area contributed by atoms with Gasteiger partial charge in [0.05, 0.1) is 22.5 Å². The van der Waals surface area contributed by atoms with E-state index in [1.54, 1.807) is 48.3 Å². The van der Waals surface area contributed by atoms with Crippen molar-refractivity contribution in [3.8, 4) is 22.9 Å². The smallest absolute Gasteiger partial charge is 0.417 e. The lowest BCUT2D eigenvalue weighted by molar-refractivity contribution is -0.137. The third-order valence-electron chi connectivity index (χ3n) is 4.51. The highest BCUT2D eigenvalue weighted by Gasteiger charge is 2.33. The molecule has 0 saturated heterocycles. The Morgan fingerprint density at radius 3 is 2.41 bits per heavy atom. The number of aryl methyl sites for hydroxylation is 1. The van der Waals surface area contributed by atoms with E-state index in [2.05, 4.69) is 25.7 Å². The van der Waals surface area contributed by atoms with Crippen molar-refractivity contribution >= 4 is 29.0 Å². The summed E-state index contributed by atoms with van der Waals surface area (Å²) in [5.41, 5.74) is 0.758. The maximum absolute atomic E-state index is 13.0. The van der Waals surface area contributed by atoms with Gasteiger partial charge in [0.15, 0.2) is 0 Å². The zero-order valence-corrected chi connectivity index (χ0v) is 18.2. The molecular weight excluding hydrogens is 473 g/mol. The standard InChI is InChI=1S/C22H16ClF3N6O2/c1-32-11-13(10-29-32)19-9-20(28-12-27-19)34-16-5-2-14(3-6-16)30-21(33)31-15-4-7-18(23)17(8-15)22(24,25)26/h2-12H,1H3,(H2,30,31,33). The molecule has 0 fully saturated rings. The van der Waals surface area contributed by atoms with Crippen molar-refractivity contribution in [3.63, 3.8) is 0 Å². The maximum atomic E-state index is 13.0. The van der Waals surface area contributed by atoms with Gasteiger partial charge < -0.3 is 15.4 Å². The zero-order valence-electron chi connectivity index (χ0n) is 17.5. The Bertz CT molecular complexity index is 1320. The number of anilines is 2. The van der Waals surface area contributed by atoms with E-state index < -0.39 is 22.8 Å². The van der Waals surface area contributed by atoms with Gasteiger partial charge in [-0.1, -0.05) is 11.6 Å². The van der Waals surface area contributed by atoms with Crippen LogP contribution in [-0.2, 0) is 13.2 Å². The van der Waals surface area contributed by atoms with E-state index in [-0.39, 0.29) is 5.69 Å². The Morgan fingerprint density at radius 2 is 1.74 bits per heavy atom. The third-order valence-corrected chi connectivity index (χ3v) is 4.84. The molecule has 2 N–H and O–H groups in total. The van der Waals surface area contributed by atoms with Crippen LogP contribution in [-0.4, -0.2) is 25.8 Å². The molecule has 0 saturated carbocycles. The number of hydrogen-bond donors (Lipinski definition) is 2. The second-order valence-corrected chi connectivity index (χ2v) is 7.45. The second-order valence-electron chi connectivity index (χ2n) is 7.04. The molecule has 0 aliphatic heterocycles. The average Bonchev–Trinajstić information content (AvgIpc) is 3.22. The van der Waals surface area contributed by atoms with Crippen LogP contribution in [0.3, 0.4) is 0 Å². The van der Waals surface area contributed by atoms with Crippen molar-refractivity contribution in [1.29, 1.82) is 0 Å².